The highest BCUT2D eigenvalue weighted by Crippen LogP contribution is 2.30. The zero-order valence-corrected chi connectivity index (χ0v) is 14.6. The van der Waals surface area contributed by atoms with E-state index in [0.29, 0.717) is 23.9 Å². The van der Waals surface area contributed by atoms with Gasteiger partial charge in [0.1, 0.15) is 0 Å². The highest BCUT2D eigenvalue weighted by atomic mass is 32.1. The average Bonchev–Trinajstić information content (AvgIpc) is 3.10. The van der Waals surface area contributed by atoms with Crippen molar-refractivity contribution in [1.29, 1.82) is 0 Å². The Morgan fingerprint density at radius 2 is 2.33 bits per heavy atom. The summed E-state index contributed by atoms with van der Waals surface area (Å²) in [4.78, 5) is 15.5. The Bertz CT molecular complexity index is 688. The topological polar surface area (TPSA) is 67.6 Å². The zero-order chi connectivity index (χ0) is 16.9. The van der Waals surface area contributed by atoms with Crippen LogP contribution < -0.4 is 11.1 Å². The van der Waals surface area contributed by atoms with Crippen LogP contribution in [-0.4, -0.2) is 37.7 Å². The summed E-state index contributed by atoms with van der Waals surface area (Å²) in [6.45, 7) is 2.54. The fourth-order valence-electron chi connectivity index (χ4n) is 3.01. The molecule has 6 heteroatoms. The number of ether oxygens (including phenoxy) is 1. The van der Waals surface area contributed by atoms with Gasteiger partial charge in [0.25, 0.3) is 0 Å². The van der Waals surface area contributed by atoms with E-state index in [-0.39, 0.29) is 0 Å². The Morgan fingerprint density at radius 1 is 1.46 bits per heavy atom. The molecule has 3 rings (SSSR count). The summed E-state index contributed by atoms with van der Waals surface area (Å²) in [6, 6.07) is 9.68. The number of rotatable bonds is 4. The van der Waals surface area contributed by atoms with Gasteiger partial charge in [0.2, 0.25) is 0 Å². The third-order valence-electron chi connectivity index (χ3n) is 4.27. The SMILES string of the molecule is CN1CCCC(COC(=O)Nc2cc(-c3cccs3)ccc2N)C1. The summed E-state index contributed by atoms with van der Waals surface area (Å²) in [5.41, 5.74) is 8.13. The molecule has 1 atom stereocenters. The maximum atomic E-state index is 12.1. The molecule has 0 radical (unpaired) electrons. The lowest BCUT2D eigenvalue weighted by molar-refractivity contribution is 0.107. The molecular formula is C18H23N3O2S. The van der Waals surface area contributed by atoms with Gasteiger partial charge in [-0.05, 0) is 55.6 Å². The first-order valence-corrected chi connectivity index (χ1v) is 9.05. The van der Waals surface area contributed by atoms with Gasteiger partial charge in [-0.15, -0.1) is 11.3 Å². The predicted molar refractivity (Wildman–Crippen MR) is 99.4 cm³/mol. The highest BCUT2D eigenvalue weighted by molar-refractivity contribution is 7.13. The van der Waals surface area contributed by atoms with Crippen LogP contribution in [0.3, 0.4) is 0 Å². The highest BCUT2D eigenvalue weighted by Gasteiger charge is 2.19. The van der Waals surface area contributed by atoms with Crippen LogP contribution in [0.15, 0.2) is 35.7 Å². The van der Waals surface area contributed by atoms with Gasteiger partial charge in [0, 0.05) is 17.3 Å². The minimum atomic E-state index is -0.446. The molecule has 1 aliphatic heterocycles. The molecule has 0 bridgehead atoms. The van der Waals surface area contributed by atoms with E-state index in [1.54, 1.807) is 17.4 Å². The summed E-state index contributed by atoms with van der Waals surface area (Å²) in [5, 5.41) is 4.79. The minimum Gasteiger partial charge on any atom is -0.449 e. The summed E-state index contributed by atoms with van der Waals surface area (Å²) in [5.74, 6) is 0.407. The van der Waals surface area contributed by atoms with E-state index in [2.05, 4.69) is 17.3 Å². The van der Waals surface area contributed by atoms with E-state index in [1.165, 1.54) is 0 Å². The number of amides is 1. The number of nitrogen functional groups attached to an aromatic ring is 1. The van der Waals surface area contributed by atoms with Crippen molar-refractivity contribution in [1.82, 2.24) is 4.90 Å². The largest absolute Gasteiger partial charge is 0.449 e. The molecule has 24 heavy (non-hydrogen) atoms. The molecule has 3 N–H and O–H groups in total. The number of benzene rings is 1. The Kier molecular flexibility index (Phi) is 5.37. The van der Waals surface area contributed by atoms with E-state index in [1.807, 2.05) is 29.6 Å². The summed E-state index contributed by atoms with van der Waals surface area (Å²) in [6.07, 6.45) is 1.81. The lowest BCUT2D eigenvalue weighted by Gasteiger charge is -2.29. The second-order valence-corrected chi connectivity index (χ2v) is 7.22. The number of carbonyl (C=O) groups is 1. The standard InChI is InChI=1S/C18H23N3O2S/c1-21-8-2-4-13(11-21)12-23-18(22)20-16-10-14(6-7-15(16)19)17-5-3-9-24-17/h3,5-7,9-10,13H,2,4,8,11-12,19H2,1H3,(H,20,22). The number of nitrogens with two attached hydrogens (primary N) is 1. The van der Waals surface area contributed by atoms with Crippen LogP contribution in [0.4, 0.5) is 16.2 Å². The van der Waals surface area contributed by atoms with Crippen LogP contribution >= 0.6 is 11.3 Å². The monoisotopic (exact) mass is 345 g/mol. The maximum Gasteiger partial charge on any atom is 0.411 e. The molecule has 1 unspecified atom stereocenters. The molecule has 1 aromatic carbocycles. The van der Waals surface area contributed by atoms with Crippen LogP contribution in [0.1, 0.15) is 12.8 Å². The summed E-state index contributed by atoms with van der Waals surface area (Å²) >= 11 is 1.65. The molecule has 128 valence electrons. The molecule has 1 saturated heterocycles. The van der Waals surface area contributed by atoms with Crippen LogP contribution in [-0.2, 0) is 4.74 Å². The number of nitrogens with zero attached hydrogens (tertiary/aromatic N) is 1. The van der Waals surface area contributed by atoms with Crippen molar-refractivity contribution in [3.63, 3.8) is 0 Å². The molecular weight excluding hydrogens is 322 g/mol. The van der Waals surface area contributed by atoms with E-state index < -0.39 is 6.09 Å². The fraction of sp³-hybridized carbons (Fsp3) is 0.389. The van der Waals surface area contributed by atoms with Crippen LogP contribution in [0.2, 0.25) is 0 Å². The predicted octanol–water partition coefficient (Wildman–Crippen LogP) is 3.89. The second kappa shape index (κ2) is 7.68. The Morgan fingerprint density at radius 3 is 3.08 bits per heavy atom. The lowest BCUT2D eigenvalue weighted by atomic mass is 10.00. The molecule has 1 amide bonds. The number of carbonyl (C=O) groups excluding carboxylic acids is 1. The number of anilines is 2. The molecule has 0 saturated carbocycles. The molecule has 1 aromatic heterocycles. The van der Waals surface area contributed by atoms with Crippen molar-refractivity contribution in [2.45, 2.75) is 12.8 Å². The molecule has 1 aliphatic rings. The van der Waals surface area contributed by atoms with Crippen molar-refractivity contribution < 1.29 is 9.53 Å². The molecule has 0 spiro atoms. The van der Waals surface area contributed by atoms with Crippen molar-refractivity contribution in [2.24, 2.45) is 5.92 Å². The average molecular weight is 345 g/mol. The number of piperidine rings is 1. The molecule has 5 nitrogen and oxygen atoms in total. The van der Waals surface area contributed by atoms with Gasteiger partial charge in [0.05, 0.1) is 18.0 Å². The van der Waals surface area contributed by atoms with E-state index in [9.17, 15) is 4.79 Å². The first kappa shape index (κ1) is 16.8. The van der Waals surface area contributed by atoms with Gasteiger partial charge in [-0.1, -0.05) is 12.1 Å². The number of likely N-dealkylation sites (tertiary alicyclic amines) is 1. The third kappa shape index (κ3) is 4.27. The van der Waals surface area contributed by atoms with Crippen LogP contribution in [0.5, 0.6) is 0 Å². The van der Waals surface area contributed by atoms with Crippen molar-refractivity contribution in [3.05, 3.63) is 35.7 Å². The van der Waals surface area contributed by atoms with Gasteiger partial charge in [-0.25, -0.2) is 4.79 Å². The maximum absolute atomic E-state index is 12.1. The van der Waals surface area contributed by atoms with Crippen LogP contribution in [0, 0.1) is 5.92 Å². The second-order valence-electron chi connectivity index (χ2n) is 6.27. The summed E-state index contributed by atoms with van der Waals surface area (Å²) in [7, 11) is 2.10. The van der Waals surface area contributed by atoms with Crippen LogP contribution in [0.25, 0.3) is 10.4 Å². The number of hydrogen-bond donors (Lipinski definition) is 2. The fourth-order valence-corrected chi connectivity index (χ4v) is 3.73. The molecule has 2 heterocycles. The zero-order valence-electron chi connectivity index (χ0n) is 13.8. The quantitative estimate of drug-likeness (QED) is 0.825. The van der Waals surface area contributed by atoms with Gasteiger partial charge in [-0.3, -0.25) is 5.32 Å². The Labute approximate surface area is 146 Å². The third-order valence-corrected chi connectivity index (χ3v) is 5.19. The Balaban J connectivity index is 1.58. The smallest absolute Gasteiger partial charge is 0.411 e. The van der Waals surface area contributed by atoms with Gasteiger partial charge in [0.15, 0.2) is 0 Å². The molecule has 2 aromatic rings. The normalized spacial score (nSPS) is 18.3. The Hall–Kier alpha value is -2.05. The molecule has 0 aliphatic carbocycles. The van der Waals surface area contributed by atoms with Gasteiger partial charge in [-0.2, -0.15) is 0 Å². The van der Waals surface area contributed by atoms with Gasteiger partial charge < -0.3 is 15.4 Å². The van der Waals surface area contributed by atoms with Gasteiger partial charge >= 0.3 is 6.09 Å². The van der Waals surface area contributed by atoms with E-state index >= 15 is 0 Å². The first-order valence-electron chi connectivity index (χ1n) is 8.17. The van der Waals surface area contributed by atoms with E-state index in [0.717, 1.165) is 36.4 Å². The van der Waals surface area contributed by atoms with Crippen molar-refractivity contribution in [2.75, 3.05) is 37.8 Å². The minimum absolute atomic E-state index is 0.407. The number of nitrogens with one attached hydrogen (secondary N) is 1. The van der Waals surface area contributed by atoms with Crippen molar-refractivity contribution in [3.8, 4) is 10.4 Å². The lowest BCUT2D eigenvalue weighted by Crippen LogP contribution is -2.35. The first-order chi connectivity index (χ1) is 11.6. The number of hydrogen-bond acceptors (Lipinski definition) is 5. The van der Waals surface area contributed by atoms with E-state index in [4.69, 9.17) is 10.5 Å². The number of thiophene rings is 1. The summed E-state index contributed by atoms with van der Waals surface area (Å²) < 4.78 is 5.39. The molecule has 1 fully saturated rings. The van der Waals surface area contributed by atoms with Crippen molar-refractivity contribution >= 4 is 28.8 Å².